The third-order valence-electron chi connectivity index (χ3n) is 4.51. The molecule has 0 aliphatic carbocycles. The first-order chi connectivity index (χ1) is 12.8. The van der Waals surface area contributed by atoms with Crippen LogP contribution in [0.15, 0.2) is 54.4 Å². The van der Waals surface area contributed by atoms with Crippen molar-refractivity contribution in [1.82, 2.24) is 20.1 Å². The second kappa shape index (κ2) is 7.80. The summed E-state index contributed by atoms with van der Waals surface area (Å²) in [6, 6.07) is 11.9. The molecule has 0 bridgehead atoms. The smallest absolute Gasteiger partial charge is 0.223 e. The maximum absolute atomic E-state index is 12.7. The molecule has 3 aromatic rings. The molecule has 0 radical (unpaired) electrons. The molecule has 7 heteroatoms. The highest BCUT2D eigenvalue weighted by atomic mass is 32.1. The quantitative estimate of drug-likeness (QED) is 0.726. The van der Waals surface area contributed by atoms with Crippen LogP contribution in [-0.2, 0) is 22.5 Å². The average molecular weight is 368 g/mol. The molecule has 2 atom stereocenters. The van der Waals surface area contributed by atoms with Gasteiger partial charge in [-0.15, -0.1) is 11.3 Å². The van der Waals surface area contributed by atoms with E-state index in [1.807, 2.05) is 30.3 Å². The van der Waals surface area contributed by atoms with E-state index in [-0.39, 0.29) is 18.1 Å². The third-order valence-corrected chi connectivity index (χ3v) is 5.56. The Morgan fingerprint density at radius 3 is 3.04 bits per heavy atom. The second-order valence-electron chi connectivity index (χ2n) is 6.27. The number of hydrogen-bond acceptors (Lipinski definition) is 5. The Morgan fingerprint density at radius 2 is 2.23 bits per heavy atom. The van der Waals surface area contributed by atoms with E-state index in [4.69, 9.17) is 4.74 Å². The summed E-state index contributed by atoms with van der Waals surface area (Å²) in [6.07, 6.45) is 4.26. The summed E-state index contributed by atoms with van der Waals surface area (Å²) in [6.45, 7) is 1.20. The molecule has 0 spiro atoms. The van der Waals surface area contributed by atoms with Crippen LogP contribution in [-0.4, -0.2) is 27.3 Å². The second-order valence-corrected chi connectivity index (χ2v) is 7.22. The normalized spacial score (nSPS) is 17.5. The Morgan fingerprint density at radius 1 is 1.35 bits per heavy atom. The van der Waals surface area contributed by atoms with Gasteiger partial charge in [0.1, 0.15) is 18.8 Å². The van der Waals surface area contributed by atoms with Crippen molar-refractivity contribution in [2.24, 2.45) is 0 Å². The van der Waals surface area contributed by atoms with Crippen LogP contribution in [0.5, 0.6) is 0 Å². The first kappa shape index (κ1) is 16.9. The maximum Gasteiger partial charge on any atom is 0.223 e. The summed E-state index contributed by atoms with van der Waals surface area (Å²) in [5.74, 6) is -0.0229. The van der Waals surface area contributed by atoms with Gasteiger partial charge in [-0.2, -0.15) is 5.10 Å². The molecule has 1 aliphatic heterocycles. The predicted octanol–water partition coefficient (Wildman–Crippen LogP) is 2.90. The van der Waals surface area contributed by atoms with E-state index in [1.54, 1.807) is 22.3 Å². The van der Waals surface area contributed by atoms with E-state index >= 15 is 0 Å². The molecule has 3 heterocycles. The minimum Gasteiger partial charge on any atom is -0.372 e. The summed E-state index contributed by atoms with van der Waals surface area (Å²) in [4.78, 5) is 17.9. The lowest BCUT2D eigenvalue weighted by Crippen LogP contribution is -2.33. The highest BCUT2D eigenvalue weighted by Gasteiger charge is 2.26. The van der Waals surface area contributed by atoms with Gasteiger partial charge in [0.2, 0.25) is 5.91 Å². The van der Waals surface area contributed by atoms with Crippen molar-refractivity contribution in [1.29, 1.82) is 0 Å². The monoisotopic (exact) mass is 368 g/mol. The van der Waals surface area contributed by atoms with Gasteiger partial charge in [-0.3, -0.25) is 9.48 Å². The van der Waals surface area contributed by atoms with Crippen molar-refractivity contribution in [2.45, 2.75) is 31.5 Å². The Hall–Kier alpha value is -2.51. The largest absolute Gasteiger partial charge is 0.372 e. The SMILES string of the molecule is O=C(C[C@H]1OCCc2ccsc21)N[C@@H](Cn1cncn1)c1ccccc1. The van der Waals surface area contributed by atoms with Gasteiger partial charge in [0.25, 0.3) is 0 Å². The van der Waals surface area contributed by atoms with Crippen LogP contribution in [0.2, 0.25) is 0 Å². The number of hydrogen-bond donors (Lipinski definition) is 1. The number of benzene rings is 1. The third kappa shape index (κ3) is 3.84. The molecule has 134 valence electrons. The van der Waals surface area contributed by atoms with E-state index in [0.717, 1.165) is 12.0 Å². The summed E-state index contributed by atoms with van der Waals surface area (Å²) in [7, 11) is 0. The molecule has 1 N–H and O–H groups in total. The van der Waals surface area contributed by atoms with E-state index in [9.17, 15) is 4.79 Å². The zero-order valence-corrected chi connectivity index (χ0v) is 15.1. The van der Waals surface area contributed by atoms with Crippen LogP contribution in [0, 0.1) is 0 Å². The number of carbonyl (C=O) groups excluding carboxylic acids is 1. The van der Waals surface area contributed by atoms with Gasteiger partial charge in [0.05, 0.1) is 25.6 Å². The lowest BCUT2D eigenvalue weighted by atomic mass is 10.0. The van der Waals surface area contributed by atoms with Gasteiger partial charge in [-0.05, 0) is 29.0 Å². The molecular weight excluding hydrogens is 348 g/mol. The number of nitrogens with zero attached hydrogens (tertiary/aromatic N) is 3. The van der Waals surface area contributed by atoms with Crippen LogP contribution in [0.1, 0.15) is 34.6 Å². The van der Waals surface area contributed by atoms with Crippen molar-refractivity contribution in [3.05, 3.63) is 70.4 Å². The van der Waals surface area contributed by atoms with E-state index < -0.39 is 0 Å². The summed E-state index contributed by atoms with van der Waals surface area (Å²) in [5, 5.41) is 9.37. The fourth-order valence-corrected chi connectivity index (χ4v) is 4.23. The highest BCUT2D eigenvalue weighted by molar-refractivity contribution is 7.10. The number of carbonyl (C=O) groups is 1. The van der Waals surface area contributed by atoms with Gasteiger partial charge in [-0.25, -0.2) is 4.98 Å². The zero-order chi connectivity index (χ0) is 17.8. The lowest BCUT2D eigenvalue weighted by molar-refractivity contribution is -0.125. The fourth-order valence-electron chi connectivity index (χ4n) is 3.23. The van der Waals surface area contributed by atoms with Crippen molar-refractivity contribution in [3.8, 4) is 0 Å². The van der Waals surface area contributed by atoms with E-state index in [2.05, 4.69) is 26.8 Å². The molecular formula is C19H20N4O2S. The minimum absolute atomic E-state index is 0.0229. The molecule has 0 unspecified atom stereocenters. The molecule has 1 amide bonds. The van der Waals surface area contributed by atoms with Gasteiger partial charge in [-0.1, -0.05) is 30.3 Å². The molecule has 1 aliphatic rings. The lowest BCUT2D eigenvalue weighted by Gasteiger charge is -2.24. The summed E-state index contributed by atoms with van der Waals surface area (Å²) >= 11 is 1.67. The molecule has 0 saturated carbocycles. The first-order valence-electron chi connectivity index (χ1n) is 8.64. The molecule has 0 saturated heterocycles. The Bertz CT molecular complexity index is 848. The minimum atomic E-state index is -0.170. The van der Waals surface area contributed by atoms with Crippen LogP contribution in [0.25, 0.3) is 0 Å². The van der Waals surface area contributed by atoms with Crippen molar-refractivity contribution in [3.63, 3.8) is 0 Å². The van der Waals surface area contributed by atoms with Gasteiger partial charge < -0.3 is 10.1 Å². The summed E-state index contributed by atoms with van der Waals surface area (Å²) < 4.78 is 7.58. The Labute approximate surface area is 155 Å². The van der Waals surface area contributed by atoms with Crippen LogP contribution < -0.4 is 5.32 Å². The number of thiophene rings is 1. The summed E-state index contributed by atoms with van der Waals surface area (Å²) in [5.41, 5.74) is 2.35. The number of nitrogens with one attached hydrogen (secondary N) is 1. The Kier molecular flexibility index (Phi) is 5.08. The molecule has 1 aromatic carbocycles. The average Bonchev–Trinajstić information content (AvgIpc) is 3.34. The topological polar surface area (TPSA) is 69.0 Å². The van der Waals surface area contributed by atoms with E-state index in [0.29, 0.717) is 19.6 Å². The van der Waals surface area contributed by atoms with Crippen LogP contribution in [0.3, 0.4) is 0 Å². The van der Waals surface area contributed by atoms with Crippen LogP contribution >= 0.6 is 11.3 Å². The van der Waals surface area contributed by atoms with Crippen LogP contribution in [0.4, 0.5) is 0 Å². The number of ether oxygens (including phenoxy) is 1. The molecule has 6 nitrogen and oxygen atoms in total. The van der Waals surface area contributed by atoms with E-state index in [1.165, 1.54) is 16.8 Å². The highest BCUT2D eigenvalue weighted by Crippen LogP contribution is 2.34. The van der Waals surface area contributed by atoms with Gasteiger partial charge in [0.15, 0.2) is 0 Å². The Balaban J connectivity index is 1.46. The van der Waals surface area contributed by atoms with Crippen molar-refractivity contribution < 1.29 is 9.53 Å². The standard InChI is InChI=1S/C19H20N4O2S/c24-18(10-17-19-15(6-8-25-17)7-9-26-19)22-16(11-23-13-20-12-21-23)14-4-2-1-3-5-14/h1-5,7,9,12-13,16-17H,6,8,10-11H2,(H,22,24)/t16-,17+/m0/s1. The molecule has 4 rings (SSSR count). The zero-order valence-electron chi connectivity index (χ0n) is 14.2. The number of fused-ring (bicyclic) bond motifs is 1. The number of amides is 1. The number of rotatable bonds is 6. The molecule has 0 fully saturated rings. The molecule has 26 heavy (non-hydrogen) atoms. The maximum atomic E-state index is 12.7. The predicted molar refractivity (Wildman–Crippen MR) is 98.7 cm³/mol. The first-order valence-corrected chi connectivity index (χ1v) is 9.52. The van der Waals surface area contributed by atoms with Gasteiger partial charge >= 0.3 is 0 Å². The number of aromatic nitrogens is 3. The molecule has 2 aromatic heterocycles. The van der Waals surface area contributed by atoms with Crippen molar-refractivity contribution >= 4 is 17.2 Å². The van der Waals surface area contributed by atoms with Gasteiger partial charge in [0, 0.05) is 4.88 Å². The van der Waals surface area contributed by atoms with Crippen molar-refractivity contribution in [2.75, 3.05) is 6.61 Å². The fraction of sp³-hybridized carbons (Fsp3) is 0.316.